The van der Waals surface area contributed by atoms with Gasteiger partial charge in [0.2, 0.25) is 0 Å². The van der Waals surface area contributed by atoms with Crippen LogP contribution in [0.1, 0.15) is 34.3 Å². The van der Waals surface area contributed by atoms with Gasteiger partial charge in [-0.3, -0.25) is 9.59 Å². The third-order valence-electron chi connectivity index (χ3n) is 4.64. The van der Waals surface area contributed by atoms with E-state index in [4.69, 9.17) is 0 Å². The van der Waals surface area contributed by atoms with Crippen LogP contribution in [0.3, 0.4) is 0 Å². The van der Waals surface area contributed by atoms with Gasteiger partial charge < -0.3 is 4.90 Å². The molecule has 0 heterocycles. The second-order valence-electron chi connectivity index (χ2n) is 7.16. The summed E-state index contributed by atoms with van der Waals surface area (Å²) in [6, 6.07) is 16.0. The van der Waals surface area contributed by atoms with Gasteiger partial charge in [-0.2, -0.15) is 0 Å². The van der Waals surface area contributed by atoms with Crippen LogP contribution in [0.2, 0.25) is 0 Å². The monoisotopic (exact) mass is 379 g/mol. The molecule has 3 nitrogen and oxygen atoms in total. The minimum Gasteiger partial charge on any atom is -0.383 e. The Morgan fingerprint density at radius 2 is 1.81 bits per heavy atom. The predicted octanol–water partition coefficient (Wildman–Crippen LogP) is 4.61. The average molecular weight is 380 g/mol. The lowest BCUT2D eigenvalue weighted by Crippen LogP contribution is -2.19. The van der Waals surface area contributed by atoms with E-state index in [1.807, 2.05) is 50.7 Å². The molecule has 27 heavy (non-hydrogen) atoms. The molecule has 140 valence electrons. The summed E-state index contributed by atoms with van der Waals surface area (Å²) in [5.41, 5.74) is 3.04. The summed E-state index contributed by atoms with van der Waals surface area (Å²) in [4.78, 5) is 29.0. The van der Waals surface area contributed by atoms with Crippen molar-refractivity contribution in [3.8, 4) is 0 Å². The molecule has 0 aliphatic heterocycles. The number of Topliss-reactive ketones (excluding diaryl/α,β-unsaturated/α-hetero) is 2. The van der Waals surface area contributed by atoms with Crippen molar-refractivity contribution in [1.29, 1.82) is 0 Å². The third-order valence-corrected chi connectivity index (χ3v) is 5.37. The van der Waals surface area contributed by atoms with E-state index in [-0.39, 0.29) is 17.5 Å². The fraction of sp³-hybridized carbons (Fsp3) is 0.304. The molecule has 0 spiro atoms. The topological polar surface area (TPSA) is 37.4 Å². The molecule has 0 radical (unpaired) electrons. The minimum atomic E-state index is -0.167. The zero-order valence-electron chi connectivity index (χ0n) is 16.1. The highest BCUT2D eigenvalue weighted by Crippen LogP contribution is 2.34. The summed E-state index contributed by atoms with van der Waals surface area (Å²) in [7, 11) is 3.68. The fourth-order valence-corrected chi connectivity index (χ4v) is 3.55. The molecular weight excluding hydrogens is 354 g/mol. The van der Waals surface area contributed by atoms with Crippen molar-refractivity contribution in [3.63, 3.8) is 0 Å². The van der Waals surface area contributed by atoms with E-state index in [9.17, 15) is 9.59 Å². The third kappa shape index (κ3) is 4.89. The quantitative estimate of drug-likeness (QED) is 0.221. The van der Waals surface area contributed by atoms with E-state index < -0.39 is 0 Å². The number of ketones is 2. The van der Waals surface area contributed by atoms with Gasteiger partial charge in [-0.1, -0.05) is 30.3 Å². The maximum absolute atomic E-state index is 13.3. The van der Waals surface area contributed by atoms with Gasteiger partial charge >= 0.3 is 0 Å². The van der Waals surface area contributed by atoms with E-state index in [0.717, 1.165) is 28.9 Å². The Morgan fingerprint density at radius 1 is 1.11 bits per heavy atom. The molecule has 1 saturated carbocycles. The van der Waals surface area contributed by atoms with Crippen molar-refractivity contribution in [2.75, 3.05) is 20.4 Å². The number of carbonyl (C=O) groups excluding carboxylic acids is 2. The van der Waals surface area contributed by atoms with Crippen LogP contribution in [0.5, 0.6) is 0 Å². The molecule has 0 atom stereocenters. The van der Waals surface area contributed by atoms with Crippen molar-refractivity contribution in [1.82, 2.24) is 4.90 Å². The molecule has 0 N–H and O–H groups in total. The fourth-order valence-electron chi connectivity index (χ4n) is 3.08. The zero-order chi connectivity index (χ0) is 19.4. The van der Waals surface area contributed by atoms with E-state index in [0.29, 0.717) is 17.6 Å². The van der Waals surface area contributed by atoms with Gasteiger partial charge in [0, 0.05) is 36.7 Å². The van der Waals surface area contributed by atoms with E-state index >= 15 is 0 Å². The highest BCUT2D eigenvalue weighted by Gasteiger charge is 2.35. The Bertz CT molecular complexity index is 867. The van der Waals surface area contributed by atoms with Crippen LogP contribution < -0.4 is 0 Å². The van der Waals surface area contributed by atoms with Gasteiger partial charge in [-0.15, -0.1) is 11.8 Å². The molecule has 2 aromatic rings. The van der Waals surface area contributed by atoms with Gasteiger partial charge in [0.05, 0.1) is 5.57 Å². The number of allylic oxidation sites excluding steroid dienone is 1. The summed E-state index contributed by atoms with van der Waals surface area (Å²) in [6.07, 6.45) is 6.15. The molecule has 0 aromatic heterocycles. The highest BCUT2D eigenvalue weighted by molar-refractivity contribution is 7.98. The molecule has 0 bridgehead atoms. The number of hydrogen-bond acceptors (Lipinski definition) is 4. The Morgan fingerprint density at radius 3 is 2.41 bits per heavy atom. The summed E-state index contributed by atoms with van der Waals surface area (Å²) in [5.74, 6) is -0.171. The second-order valence-corrected chi connectivity index (χ2v) is 8.04. The molecule has 0 saturated heterocycles. The smallest absolute Gasteiger partial charge is 0.198 e. The van der Waals surface area contributed by atoms with Crippen LogP contribution >= 0.6 is 11.8 Å². The van der Waals surface area contributed by atoms with Crippen molar-refractivity contribution in [2.24, 2.45) is 5.92 Å². The zero-order valence-corrected chi connectivity index (χ0v) is 16.9. The maximum Gasteiger partial charge on any atom is 0.198 e. The van der Waals surface area contributed by atoms with E-state index in [1.54, 1.807) is 22.9 Å². The van der Waals surface area contributed by atoms with Crippen molar-refractivity contribution in [3.05, 3.63) is 77.0 Å². The SMILES string of the molecule is CSc1ccc(C(=O)C(=CN(C)C)C(=O)C2CC2)c(Cc2ccccc2)c1. The van der Waals surface area contributed by atoms with Crippen LogP contribution in [0.25, 0.3) is 0 Å². The van der Waals surface area contributed by atoms with Crippen LogP contribution in [-0.2, 0) is 11.2 Å². The van der Waals surface area contributed by atoms with Crippen LogP contribution in [-0.4, -0.2) is 36.8 Å². The van der Waals surface area contributed by atoms with Gasteiger partial charge in [0.1, 0.15) is 0 Å². The lowest BCUT2D eigenvalue weighted by molar-refractivity contribution is -0.116. The summed E-state index contributed by atoms with van der Waals surface area (Å²) in [6.45, 7) is 0. The average Bonchev–Trinajstić information content (AvgIpc) is 3.51. The number of hydrogen-bond donors (Lipinski definition) is 0. The number of rotatable bonds is 8. The Kier molecular flexibility index (Phi) is 6.17. The normalized spacial score (nSPS) is 14.1. The lowest BCUT2D eigenvalue weighted by atomic mass is 9.92. The van der Waals surface area contributed by atoms with E-state index in [2.05, 4.69) is 18.2 Å². The first kappa shape index (κ1) is 19.4. The molecule has 0 unspecified atom stereocenters. The molecular formula is C23H25NO2S. The maximum atomic E-state index is 13.3. The molecule has 2 aromatic carbocycles. The molecule has 1 aliphatic carbocycles. The van der Waals surface area contributed by atoms with Gasteiger partial charge in [-0.05, 0) is 54.8 Å². The van der Waals surface area contributed by atoms with Crippen LogP contribution in [0.15, 0.2) is 65.2 Å². The van der Waals surface area contributed by atoms with Crippen molar-refractivity contribution in [2.45, 2.75) is 24.2 Å². The summed E-state index contributed by atoms with van der Waals surface area (Å²) >= 11 is 1.65. The minimum absolute atomic E-state index is 0.0168. The number of thioether (sulfide) groups is 1. The van der Waals surface area contributed by atoms with Gasteiger partial charge in [-0.25, -0.2) is 0 Å². The molecule has 3 rings (SSSR count). The Balaban J connectivity index is 2.00. The first-order chi connectivity index (χ1) is 13.0. The van der Waals surface area contributed by atoms with Gasteiger partial charge in [0.25, 0.3) is 0 Å². The Labute approximate surface area is 165 Å². The Hall–Kier alpha value is -2.33. The molecule has 1 aliphatic rings. The second kappa shape index (κ2) is 8.57. The first-order valence-electron chi connectivity index (χ1n) is 9.17. The highest BCUT2D eigenvalue weighted by atomic mass is 32.2. The number of carbonyl (C=O) groups is 2. The lowest BCUT2D eigenvalue weighted by Gasteiger charge is -2.14. The first-order valence-corrected chi connectivity index (χ1v) is 10.4. The molecule has 0 amide bonds. The standard InChI is InChI=1S/C23H25NO2S/c1-24(2)15-21(22(25)17-9-10-17)23(26)20-12-11-19(27-3)14-18(20)13-16-7-5-4-6-8-16/h4-8,11-12,14-15,17H,9-10,13H2,1-3H3. The van der Waals surface area contributed by atoms with Gasteiger partial charge in [0.15, 0.2) is 11.6 Å². The summed E-state index contributed by atoms with van der Waals surface area (Å²) in [5, 5.41) is 0. The summed E-state index contributed by atoms with van der Waals surface area (Å²) < 4.78 is 0. The number of nitrogens with zero attached hydrogens (tertiary/aromatic N) is 1. The largest absolute Gasteiger partial charge is 0.383 e. The van der Waals surface area contributed by atoms with Crippen LogP contribution in [0.4, 0.5) is 0 Å². The van der Waals surface area contributed by atoms with Crippen molar-refractivity contribution >= 4 is 23.3 Å². The van der Waals surface area contributed by atoms with E-state index in [1.165, 1.54) is 0 Å². The molecule has 4 heteroatoms. The van der Waals surface area contributed by atoms with Crippen molar-refractivity contribution < 1.29 is 9.59 Å². The number of benzene rings is 2. The molecule has 1 fully saturated rings. The predicted molar refractivity (Wildman–Crippen MR) is 111 cm³/mol. The van der Waals surface area contributed by atoms with Crippen LogP contribution in [0, 0.1) is 5.92 Å².